The Balaban J connectivity index is 1.55. The summed E-state index contributed by atoms with van der Waals surface area (Å²) in [5.41, 5.74) is 3.63. The van der Waals surface area contributed by atoms with Gasteiger partial charge in [0.15, 0.2) is 5.78 Å². The third-order valence-corrected chi connectivity index (χ3v) is 5.24. The molecule has 2 heterocycles. The smallest absolute Gasteiger partial charge is 0.227 e. The van der Waals surface area contributed by atoms with Gasteiger partial charge in [-0.1, -0.05) is 0 Å². The largest absolute Gasteiger partial charge is 0.489 e. The molecule has 0 amide bonds. The lowest BCUT2D eigenvalue weighted by Crippen LogP contribution is -2.07. The van der Waals surface area contributed by atoms with E-state index in [9.17, 15) is 10.1 Å². The number of aromatic nitrogens is 2. The van der Waals surface area contributed by atoms with Gasteiger partial charge in [0.1, 0.15) is 12.4 Å². The second-order valence-corrected chi connectivity index (χ2v) is 7.37. The number of fused-ring (bicyclic) bond motifs is 1. The molecule has 1 aromatic carbocycles. The van der Waals surface area contributed by atoms with Crippen LogP contribution >= 0.6 is 11.3 Å². The van der Waals surface area contributed by atoms with Crippen LogP contribution in [-0.4, -0.2) is 15.8 Å². The molecule has 0 bridgehead atoms. The molecule has 0 unspecified atom stereocenters. The summed E-state index contributed by atoms with van der Waals surface area (Å²) in [7, 11) is 0. The van der Waals surface area contributed by atoms with E-state index in [-0.39, 0.29) is 5.78 Å². The number of hydrogen-bond acceptors (Lipinski definition) is 7. The van der Waals surface area contributed by atoms with Crippen molar-refractivity contribution >= 4 is 28.8 Å². The van der Waals surface area contributed by atoms with Crippen LogP contribution in [0.5, 0.6) is 5.75 Å². The predicted molar refractivity (Wildman–Crippen MR) is 107 cm³/mol. The van der Waals surface area contributed by atoms with E-state index >= 15 is 0 Å². The number of hydrogen-bond donors (Lipinski definition) is 1. The van der Waals surface area contributed by atoms with E-state index in [4.69, 9.17) is 4.74 Å². The normalized spacial score (nSPS) is 13.3. The average Bonchev–Trinajstić information content (AvgIpc) is 3.16. The molecule has 2 aromatic heterocycles. The molecule has 7 heteroatoms. The monoisotopic (exact) mass is 390 g/mol. The van der Waals surface area contributed by atoms with Crippen LogP contribution in [0.1, 0.15) is 46.4 Å². The van der Waals surface area contributed by atoms with E-state index in [1.165, 1.54) is 0 Å². The van der Waals surface area contributed by atoms with E-state index < -0.39 is 0 Å². The third-order valence-electron chi connectivity index (χ3n) is 4.51. The van der Waals surface area contributed by atoms with Gasteiger partial charge in [-0.15, -0.1) is 0 Å². The SMILES string of the molecule is N#Cc1cc(Nc2ncc3c(n2)CCCCC3=O)cc(OCc2ccsc2)c1. The first-order valence-electron chi connectivity index (χ1n) is 9.06. The molecular weight excluding hydrogens is 372 g/mol. The Morgan fingerprint density at radius 1 is 1.25 bits per heavy atom. The number of ether oxygens (including phenoxy) is 1. The summed E-state index contributed by atoms with van der Waals surface area (Å²) in [6.07, 6.45) is 4.75. The van der Waals surface area contributed by atoms with E-state index in [1.54, 1.807) is 29.7 Å². The molecule has 0 atom stereocenters. The number of ketones is 1. The quantitative estimate of drug-likeness (QED) is 0.639. The minimum absolute atomic E-state index is 0.106. The first kappa shape index (κ1) is 18.1. The molecule has 1 aliphatic carbocycles. The number of nitrogens with zero attached hydrogens (tertiary/aromatic N) is 3. The topological polar surface area (TPSA) is 87.9 Å². The molecule has 4 rings (SSSR count). The number of Topliss-reactive ketones (excluding diaryl/α,β-unsaturated/α-hetero) is 1. The molecule has 0 spiro atoms. The Labute approximate surface area is 166 Å². The van der Waals surface area contributed by atoms with Gasteiger partial charge in [-0.3, -0.25) is 4.79 Å². The van der Waals surface area contributed by atoms with Crippen LogP contribution in [0.2, 0.25) is 0 Å². The first-order chi connectivity index (χ1) is 13.7. The van der Waals surface area contributed by atoms with Crippen molar-refractivity contribution in [2.75, 3.05) is 5.32 Å². The van der Waals surface area contributed by atoms with Crippen LogP contribution in [-0.2, 0) is 13.0 Å². The number of nitrogens with one attached hydrogen (secondary N) is 1. The zero-order valence-corrected chi connectivity index (χ0v) is 16.0. The van der Waals surface area contributed by atoms with Gasteiger partial charge in [-0.2, -0.15) is 16.6 Å². The fourth-order valence-corrected chi connectivity index (χ4v) is 3.76. The zero-order chi connectivity index (χ0) is 19.3. The van der Waals surface area contributed by atoms with Crippen molar-refractivity contribution < 1.29 is 9.53 Å². The lowest BCUT2D eigenvalue weighted by atomic mass is 10.1. The highest BCUT2D eigenvalue weighted by Crippen LogP contribution is 2.25. The van der Waals surface area contributed by atoms with Crippen LogP contribution < -0.4 is 10.1 Å². The van der Waals surface area contributed by atoms with Crippen LogP contribution in [0.4, 0.5) is 11.6 Å². The summed E-state index contributed by atoms with van der Waals surface area (Å²) < 4.78 is 5.82. The Morgan fingerprint density at radius 2 is 2.14 bits per heavy atom. The average molecular weight is 390 g/mol. The molecule has 6 nitrogen and oxygen atoms in total. The Bertz CT molecular complexity index is 1040. The van der Waals surface area contributed by atoms with Crippen LogP contribution in [0, 0.1) is 11.3 Å². The van der Waals surface area contributed by atoms with Gasteiger partial charge in [0.2, 0.25) is 5.95 Å². The maximum absolute atomic E-state index is 12.1. The van der Waals surface area contributed by atoms with Crippen molar-refractivity contribution in [1.29, 1.82) is 5.26 Å². The fraction of sp³-hybridized carbons (Fsp3) is 0.238. The van der Waals surface area contributed by atoms with Gasteiger partial charge in [-0.25, -0.2) is 9.97 Å². The Kier molecular flexibility index (Phi) is 5.31. The number of aryl methyl sites for hydroxylation is 1. The molecule has 0 saturated carbocycles. The summed E-state index contributed by atoms with van der Waals surface area (Å²) in [5, 5.41) is 16.5. The van der Waals surface area contributed by atoms with Crippen LogP contribution in [0.3, 0.4) is 0 Å². The van der Waals surface area contributed by atoms with E-state index in [1.807, 2.05) is 22.9 Å². The maximum atomic E-state index is 12.1. The molecule has 0 fully saturated rings. The summed E-state index contributed by atoms with van der Waals surface area (Å²) in [6.45, 7) is 0.440. The summed E-state index contributed by atoms with van der Waals surface area (Å²) in [5.74, 6) is 1.11. The Morgan fingerprint density at radius 3 is 2.96 bits per heavy atom. The molecule has 3 aromatic rings. The van der Waals surface area contributed by atoms with Crippen LogP contribution in [0.25, 0.3) is 0 Å². The predicted octanol–water partition coefficient (Wildman–Crippen LogP) is 4.64. The van der Waals surface area contributed by atoms with E-state index in [0.29, 0.717) is 41.5 Å². The number of thiophene rings is 1. The zero-order valence-electron chi connectivity index (χ0n) is 15.1. The number of anilines is 2. The van der Waals surface area contributed by atoms with Gasteiger partial charge < -0.3 is 10.1 Å². The third kappa shape index (κ3) is 4.18. The number of nitriles is 1. The molecule has 0 aliphatic heterocycles. The van der Waals surface area contributed by atoms with Crippen molar-refractivity contribution in [3.63, 3.8) is 0 Å². The number of carbonyl (C=O) groups is 1. The minimum Gasteiger partial charge on any atom is -0.489 e. The first-order valence-corrected chi connectivity index (χ1v) is 10.0. The van der Waals surface area contributed by atoms with Crippen molar-refractivity contribution in [2.45, 2.75) is 32.3 Å². The van der Waals surface area contributed by atoms with Crippen LogP contribution in [0.15, 0.2) is 41.2 Å². The Hall–Kier alpha value is -3.24. The number of carbonyl (C=O) groups excluding carboxylic acids is 1. The number of rotatable bonds is 5. The highest BCUT2D eigenvalue weighted by atomic mass is 32.1. The summed E-state index contributed by atoms with van der Waals surface area (Å²) in [6, 6.07) is 9.39. The van der Waals surface area contributed by atoms with Crippen molar-refractivity contribution in [2.24, 2.45) is 0 Å². The molecule has 28 heavy (non-hydrogen) atoms. The number of benzene rings is 1. The molecule has 0 radical (unpaired) electrons. The lowest BCUT2D eigenvalue weighted by molar-refractivity contribution is 0.0981. The second-order valence-electron chi connectivity index (χ2n) is 6.59. The van der Waals surface area contributed by atoms with Gasteiger partial charge in [-0.05, 0) is 53.8 Å². The molecule has 0 saturated heterocycles. The summed E-state index contributed by atoms with van der Waals surface area (Å²) >= 11 is 1.61. The highest BCUT2D eigenvalue weighted by Gasteiger charge is 2.18. The molecular formula is C21H18N4O2S. The highest BCUT2D eigenvalue weighted by molar-refractivity contribution is 7.07. The van der Waals surface area contributed by atoms with Gasteiger partial charge in [0.25, 0.3) is 0 Å². The summed E-state index contributed by atoms with van der Waals surface area (Å²) in [4.78, 5) is 20.9. The van der Waals surface area contributed by atoms with Crippen molar-refractivity contribution in [3.8, 4) is 11.8 Å². The van der Waals surface area contributed by atoms with E-state index in [0.717, 1.165) is 30.5 Å². The van der Waals surface area contributed by atoms with Crippen molar-refractivity contribution in [3.05, 3.63) is 63.6 Å². The standard InChI is InChI=1S/C21H18N4O2S/c22-10-15-7-16(9-17(8-15)27-12-14-5-6-28-13-14)24-21-23-11-18-19(25-21)3-1-2-4-20(18)26/h5-9,11,13H,1-4,12H2,(H,23,24,25). The minimum atomic E-state index is 0.106. The molecule has 1 N–H and O–H groups in total. The second kappa shape index (κ2) is 8.19. The molecule has 1 aliphatic rings. The molecule has 140 valence electrons. The van der Waals surface area contributed by atoms with Gasteiger partial charge in [0.05, 0.1) is 22.9 Å². The van der Waals surface area contributed by atoms with Gasteiger partial charge in [0, 0.05) is 24.4 Å². The van der Waals surface area contributed by atoms with E-state index in [2.05, 4.69) is 21.4 Å². The fourth-order valence-electron chi connectivity index (χ4n) is 3.10. The maximum Gasteiger partial charge on any atom is 0.227 e. The van der Waals surface area contributed by atoms with Crippen molar-refractivity contribution in [1.82, 2.24) is 9.97 Å². The van der Waals surface area contributed by atoms with Gasteiger partial charge >= 0.3 is 0 Å². The lowest BCUT2D eigenvalue weighted by Gasteiger charge is -2.11.